The number of rotatable bonds is 4. The van der Waals surface area contributed by atoms with Crippen molar-refractivity contribution >= 4 is 0 Å². The van der Waals surface area contributed by atoms with Crippen molar-refractivity contribution in [2.45, 2.75) is 31.0 Å². The average Bonchev–Trinajstić information content (AvgIpc) is 3.04. The number of aliphatic hydroxyl groups is 1. The van der Waals surface area contributed by atoms with Crippen LogP contribution in [0.4, 0.5) is 4.39 Å². The van der Waals surface area contributed by atoms with E-state index < -0.39 is 11.9 Å². The van der Waals surface area contributed by atoms with Gasteiger partial charge in [-0.1, -0.05) is 12.1 Å². The SMILES string of the molecule is COc1ccc([C@@H]2CC[C@H]([C@@H](O)c3cncc(F)c3)N2)cc1. The maximum atomic E-state index is 13.2. The fourth-order valence-corrected chi connectivity index (χ4v) is 2.94. The molecule has 22 heavy (non-hydrogen) atoms. The molecule has 0 saturated carbocycles. The van der Waals surface area contributed by atoms with Gasteiger partial charge in [-0.2, -0.15) is 0 Å². The van der Waals surface area contributed by atoms with Gasteiger partial charge in [-0.15, -0.1) is 0 Å². The summed E-state index contributed by atoms with van der Waals surface area (Å²) in [6, 6.07) is 9.32. The van der Waals surface area contributed by atoms with Crippen LogP contribution in [0.3, 0.4) is 0 Å². The third-order valence-electron chi connectivity index (χ3n) is 4.15. The highest BCUT2D eigenvalue weighted by atomic mass is 19.1. The summed E-state index contributed by atoms with van der Waals surface area (Å²) in [6.07, 6.45) is 3.64. The largest absolute Gasteiger partial charge is 0.497 e. The Kier molecular flexibility index (Phi) is 4.36. The van der Waals surface area contributed by atoms with Gasteiger partial charge < -0.3 is 15.2 Å². The fraction of sp³-hybridized carbons (Fsp3) is 0.353. The molecule has 3 rings (SSSR count). The van der Waals surface area contributed by atoms with E-state index in [0.717, 1.165) is 30.4 Å². The predicted molar refractivity (Wildman–Crippen MR) is 81.0 cm³/mol. The minimum Gasteiger partial charge on any atom is -0.497 e. The minimum atomic E-state index is -0.758. The van der Waals surface area contributed by atoms with Gasteiger partial charge >= 0.3 is 0 Å². The zero-order valence-electron chi connectivity index (χ0n) is 12.4. The molecule has 1 saturated heterocycles. The van der Waals surface area contributed by atoms with E-state index in [1.807, 2.05) is 24.3 Å². The van der Waals surface area contributed by atoms with Crippen molar-refractivity contribution in [3.8, 4) is 5.75 Å². The van der Waals surface area contributed by atoms with Crippen molar-refractivity contribution in [3.63, 3.8) is 0 Å². The molecule has 1 fully saturated rings. The van der Waals surface area contributed by atoms with Gasteiger partial charge in [0.25, 0.3) is 0 Å². The Hall–Kier alpha value is -1.98. The Bertz CT molecular complexity index is 633. The molecule has 0 aliphatic carbocycles. The molecule has 1 aliphatic rings. The smallest absolute Gasteiger partial charge is 0.141 e. The van der Waals surface area contributed by atoms with Crippen molar-refractivity contribution in [2.75, 3.05) is 7.11 Å². The van der Waals surface area contributed by atoms with E-state index in [1.165, 1.54) is 12.3 Å². The van der Waals surface area contributed by atoms with Gasteiger partial charge in [0.15, 0.2) is 0 Å². The topological polar surface area (TPSA) is 54.4 Å². The summed E-state index contributed by atoms with van der Waals surface area (Å²) in [7, 11) is 1.64. The molecule has 0 spiro atoms. The van der Waals surface area contributed by atoms with Crippen molar-refractivity contribution < 1.29 is 14.2 Å². The second-order valence-electron chi connectivity index (χ2n) is 5.56. The maximum Gasteiger partial charge on any atom is 0.141 e. The van der Waals surface area contributed by atoms with Gasteiger partial charge in [0.2, 0.25) is 0 Å². The highest BCUT2D eigenvalue weighted by molar-refractivity contribution is 5.30. The molecule has 2 heterocycles. The van der Waals surface area contributed by atoms with Gasteiger partial charge in [-0.05, 0) is 36.6 Å². The van der Waals surface area contributed by atoms with Crippen LogP contribution < -0.4 is 10.1 Å². The molecule has 1 aliphatic heterocycles. The zero-order valence-corrected chi connectivity index (χ0v) is 12.4. The first-order chi connectivity index (χ1) is 10.7. The van der Waals surface area contributed by atoms with E-state index in [0.29, 0.717) is 5.56 Å². The lowest BCUT2D eigenvalue weighted by Gasteiger charge is -2.20. The van der Waals surface area contributed by atoms with E-state index in [9.17, 15) is 9.50 Å². The van der Waals surface area contributed by atoms with E-state index >= 15 is 0 Å². The molecular weight excluding hydrogens is 283 g/mol. The molecular formula is C17H19FN2O2. The highest BCUT2D eigenvalue weighted by Crippen LogP contribution is 2.32. The van der Waals surface area contributed by atoms with Crippen molar-refractivity contribution in [1.29, 1.82) is 0 Å². The molecule has 2 aromatic rings. The molecule has 3 atom stereocenters. The Balaban J connectivity index is 1.68. The average molecular weight is 302 g/mol. The number of benzene rings is 1. The Morgan fingerprint density at radius 3 is 2.73 bits per heavy atom. The van der Waals surface area contributed by atoms with Crippen LogP contribution in [0.25, 0.3) is 0 Å². The molecule has 4 nitrogen and oxygen atoms in total. The van der Waals surface area contributed by atoms with E-state index in [-0.39, 0.29) is 12.1 Å². The highest BCUT2D eigenvalue weighted by Gasteiger charge is 2.31. The zero-order chi connectivity index (χ0) is 15.5. The second kappa shape index (κ2) is 6.42. The lowest BCUT2D eigenvalue weighted by atomic mass is 10.0. The van der Waals surface area contributed by atoms with Gasteiger partial charge in [0.05, 0.1) is 19.4 Å². The summed E-state index contributed by atoms with van der Waals surface area (Å²) in [5.41, 5.74) is 1.67. The molecule has 0 unspecified atom stereocenters. The summed E-state index contributed by atoms with van der Waals surface area (Å²) in [5.74, 6) is 0.394. The predicted octanol–water partition coefficient (Wildman–Crippen LogP) is 2.76. The lowest BCUT2D eigenvalue weighted by molar-refractivity contribution is 0.134. The molecule has 1 aromatic carbocycles. The Morgan fingerprint density at radius 2 is 2.05 bits per heavy atom. The standard InChI is InChI=1S/C17H19FN2O2/c1-22-14-4-2-11(3-5-14)15-6-7-16(20-15)17(21)12-8-13(18)10-19-9-12/h2-5,8-10,15-17,20-21H,6-7H2,1H3/t15-,16+,17-/m0/s1. The van der Waals surface area contributed by atoms with Crippen LogP contribution in [-0.2, 0) is 0 Å². The number of hydrogen-bond donors (Lipinski definition) is 2. The van der Waals surface area contributed by atoms with E-state index in [2.05, 4.69) is 10.3 Å². The number of nitrogens with one attached hydrogen (secondary N) is 1. The number of pyridine rings is 1. The van der Waals surface area contributed by atoms with Crippen molar-refractivity contribution in [3.05, 3.63) is 59.7 Å². The summed E-state index contributed by atoms with van der Waals surface area (Å²) in [4.78, 5) is 3.80. The third kappa shape index (κ3) is 3.10. The van der Waals surface area contributed by atoms with Crippen LogP contribution >= 0.6 is 0 Å². The molecule has 5 heteroatoms. The number of methoxy groups -OCH3 is 1. The normalized spacial score (nSPS) is 22.5. The first-order valence-corrected chi connectivity index (χ1v) is 7.36. The molecule has 116 valence electrons. The Labute approximate surface area is 129 Å². The Morgan fingerprint density at radius 1 is 1.27 bits per heavy atom. The van der Waals surface area contributed by atoms with Crippen LogP contribution in [0.5, 0.6) is 5.75 Å². The van der Waals surface area contributed by atoms with Crippen LogP contribution in [-0.4, -0.2) is 23.2 Å². The van der Waals surface area contributed by atoms with Crippen LogP contribution in [0.1, 0.15) is 36.1 Å². The van der Waals surface area contributed by atoms with E-state index in [1.54, 1.807) is 7.11 Å². The van der Waals surface area contributed by atoms with Crippen molar-refractivity contribution in [2.24, 2.45) is 0 Å². The third-order valence-corrected chi connectivity index (χ3v) is 4.15. The fourth-order valence-electron chi connectivity index (χ4n) is 2.94. The molecule has 0 radical (unpaired) electrons. The van der Waals surface area contributed by atoms with E-state index in [4.69, 9.17) is 4.74 Å². The number of nitrogens with zero attached hydrogens (tertiary/aromatic N) is 1. The van der Waals surface area contributed by atoms with Crippen LogP contribution in [0.15, 0.2) is 42.7 Å². The van der Waals surface area contributed by atoms with Gasteiger partial charge in [0, 0.05) is 23.8 Å². The van der Waals surface area contributed by atoms with Crippen LogP contribution in [0.2, 0.25) is 0 Å². The first kappa shape index (κ1) is 14.9. The number of halogens is 1. The first-order valence-electron chi connectivity index (χ1n) is 7.36. The van der Waals surface area contributed by atoms with Crippen molar-refractivity contribution in [1.82, 2.24) is 10.3 Å². The number of hydrogen-bond acceptors (Lipinski definition) is 4. The summed E-state index contributed by atoms with van der Waals surface area (Å²) in [6.45, 7) is 0. The van der Waals surface area contributed by atoms with Gasteiger partial charge in [0.1, 0.15) is 11.6 Å². The summed E-state index contributed by atoms with van der Waals surface area (Å²) >= 11 is 0. The monoisotopic (exact) mass is 302 g/mol. The number of aliphatic hydroxyl groups excluding tert-OH is 1. The molecule has 1 aromatic heterocycles. The lowest BCUT2D eigenvalue weighted by Crippen LogP contribution is -2.30. The molecule has 2 N–H and O–H groups in total. The van der Waals surface area contributed by atoms with Crippen LogP contribution in [0, 0.1) is 5.82 Å². The summed E-state index contributed by atoms with van der Waals surface area (Å²) in [5, 5.41) is 13.8. The van der Waals surface area contributed by atoms with Gasteiger partial charge in [-0.25, -0.2) is 4.39 Å². The molecule has 0 amide bonds. The minimum absolute atomic E-state index is 0.101. The maximum absolute atomic E-state index is 13.2. The number of ether oxygens (including phenoxy) is 1. The number of aromatic nitrogens is 1. The summed E-state index contributed by atoms with van der Waals surface area (Å²) < 4.78 is 18.4. The molecule has 0 bridgehead atoms. The van der Waals surface area contributed by atoms with Gasteiger partial charge in [-0.3, -0.25) is 4.98 Å². The quantitative estimate of drug-likeness (QED) is 0.912. The second-order valence-corrected chi connectivity index (χ2v) is 5.56.